The Morgan fingerprint density at radius 2 is 2.10 bits per heavy atom. The van der Waals surface area contributed by atoms with Crippen molar-refractivity contribution in [1.29, 1.82) is 5.26 Å². The highest BCUT2D eigenvalue weighted by Crippen LogP contribution is 2.25. The predicted molar refractivity (Wildman–Crippen MR) is 71.7 cm³/mol. The number of carboxylic acids is 1. The molecular weight excluding hydrogens is 275 g/mol. The number of carbonyl (C=O) groups is 1. The van der Waals surface area contributed by atoms with E-state index < -0.39 is 23.0 Å². The van der Waals surface area contributed by atoms with E-state index in [0.717, 1.165) is 6.07 Å². The molecule has 1 heterocycles. The molecule has 1 aromatic carbocycles. The molecule has 2 rings (SSSR count). The largest absolute Gasteiger partial charge is 0.475 e. The molecule has 0 aliphatic rings. The van der Waals surface area contributed by atoms with Crippen LogP contribution in [-0.4, -0.2) is 25.8 Å². The van der Waals surface area contributed by atoms with Crippen LogP contribution in [0.5, 0.6) is 0 Å². The summed E-state index contributed by atoms with van der Waals surface area (Å²) in [7, 11) is 0. The molecule has 0 amide bonds. The summed E-state index contributed by atoms with van der Waals surface area (Å²) in [6, 6.07) is 5.72. The second-order valence-electron chi connectivity index (χ2n) is 5.50. The van der Waals surface area contributed by atoms with E-state index in [1.165, 1.54) is 16.8 Å². The molecular formula is C14H13FN4O2. The number of carboxylic acid groups (broad SMARTS) is 1. The molecule has 1 N–H and O–H groups in total. The number of hydrogen-bond donors (Lipinski definition) is 1. The van der Waals surface area contributed by atoms with Gasteiger partial charge in [-0.25, -0.2) is 18.9 Å². The van der Waals surface area contributed by atoms with Crippen LogP contribution in [0.2, 0.25) is 0 Å². The summed E-state index contributed by atoms with van der Waals surface area (Å²) in [5.74, 6) is -2.03. The molecule has 6 nitrogen and oxygen atoms in total. The van der Waals surface area contributed by atoms with E-state index in [9.17, 15) is 9.18 Å². The van der Waals surface area contributed by atoms with Crippen molar-refractivity contribution in [2.75, 3.05) is 0 Å². The second kappa shape index (κ2) is 4.98. The summed E-state index contributed by atoms with van der Waals surface area (Å²) in [4.78, 5) is 15.0. The van der Waals surface area contributed by atoms with Gasteiger partial charge in [0.1, 0.15) is 17.3 Å². The Kier molecular flexibility index (Phi) is 3.47. The average molecular weight is 288 g/mol. The normalized spacial score (nSPS) is 11.2. The van der Waals surface area contributed by atoms with Gasteiger partial charge in [0.15, 0.2) is 0 Å². The third-order valence-corrected chi connectivity index (χ3v) is 2.77. The number of nitriles is 1. The fourth-order valence-electron chi connectivity index (χ4n) is 1.80. The number of halogens is 1. The summed E-state index contributed by atoms with van der Waals surface area (Å²) < 4.78 is 15.3. The van der Waals surface area contributed by atoms with Crippen LogP contribution in [0.15, 0.2) is 18.2 Å². The van der Waals surface area contributed by atoms with Crippen molar-refractivity contribution in [1.82, 2.24) is 14.8 Å². The first-order valence-corrected chi connectivity index (χ1v) is 6.15. The standard InChI is InChI=1S/C14H13FN4O2/c1-14(2,3)13-17-11(12(20)21)18-19(13)10-5-4-8(7-16)6-9(10)15/h4-6H,1-3H3,(H,20,21). The van der Waals surface area contributed by atoms with Crippen LogP contribution in [0.3, 0.4) is 0 Å². The first-order chi connectivity index (χ1) is 9.74. The highest BCUT2D eigenvalue weighted by atomic mass is 19.1. The highest BCUT2D eigenvalue weighted by Gasteiger charge is 2.27. The summed E-state index contributed by atoms with van der Waals surface area (Å²) >= 11 is 0. The zero-order chi connectivity index (χ0) is 15.8. The van der Waals surface area contributed by atoms with E-state index >= 15 is 0 Å². The van der Waals surface area contributed by atoms with E-state index in [1.54, 1.807) is 0 Å². The number of aromatic carboxylic acids is 1. The van der Waals surface area contributed by atoms with Crippen molar-refractivity contribution < 1.29 is 14.3 Å². The third-order valence-electron chi connectivity index (χ3n) is 2.77. The van der Waals surface area contributed by atoms with E-state index in [-0.39, 0.29) is 11.3 Å². The highest BCUT2D eigenvalue weighted by molar-refractivity contribution is 5.83. The smallest absolute Gasteiger partial charge is 0.375 e. The van der Waals surface area contributed by atoms with Crippen molar-refractivity contribution in [2.45, 2.75) is 26.2 Å². The molecule has 0 fully saturated rings. The van der Waals surface area contributed by atoms with Crippen LogP contribution in [0.25, 0.3) is 5.69 Å². The zero-order valence-electron chi connectivity index (χ0n) is 11.8. The Morgan fingerprint density at radius 3 is 2.57 bits per heavy atom. The van der Waals surface area contributed by atoms with Gasteiger partial charge in [-0.2, -0.15) is 5.26 Å². The van der Waals surface area contributed by atoms with Crippen molar-refractivity contribution >= 4 is 5.97 Å². The number of nitrogens with zero attached hydrogens (tertiary/aromatic N) is 4. The minimum atomic E-state index is -1.28. The molecule has 0 bridgehead atoms. The van der Waals surface area contributed by atoms with Gasteiger partial charge in [0.25, 0.3) is 5.82 Å². The summed E-state index contributed by atoms with van der Waals surface area (Å²) in [6.45, 7) is 5.46. The molecule has 0 saturated heterocycles. The summed E-state index contributed by atoms with van der Waals surface area (Å²) in [5, 5.41) is 21.6. The van der Waals surface area contributed by atoms with Gasteiger partial charge in [-0.1, -0.05) is 20.8 Å². The lowest BCUT2D eigenvalue weighted by atomic mass is 9.95. The molecule has 108 valence electrons. The van der Waals surface area contributed by atoms with Gasteiger partial charge in [0.05, 0.1) is 11.6 Å². The van der Waals surface area contributed by atoms with Crippen LogP contribution in [0.1, 0.15) is 42.8 Å². The van der Waals surface area contributed by atoms with Crippen molar-refractivity contribution in [3.05, 3.63) is 41.2 Å². The van der Waals surface area contributed by atoms with Crippen molar-refractivity contribution in [3.8, 4) is 11.8 Å². The molecule has 21 heavy (non-hydrogen) atoms. The van der Waals surface area contributed by atoms with Crippen LogP contribution in [0, 0.1) is 17.1 Å². The molecule has 0 atom stereocenters. The Bertz CT molecular complexity index is 753. The van der Waals surface area contributed by atoms with Gasteiger partial charge in [-0.3, -0.25) is 0 Å². The van der Waals surface area contributed by atoms with Gasteiger partial charge >= 0.3 is 5.97 Å². The topological polar surface area (TPSA) is 91.8 Å². The molecule has 0 saturated carbocycles. The molecule has 7 heteroatoms. The van der Waals surface area contributed by atoms with E-state index in [4.69, 9.17) is 10.4 Å². The predicted octanol–water partition coefficient (Wildman–Crippen LogP) is 2.27. The maximum absolute atomic E-state index is 14.1. The second-order valence-corrected chi connectivity index (χ2v) is 5.50. The molecule has 0 spiro atoms. The minimum Gasteiger partial charge on any atom is -0.475 e. The lowest BCUT2D eigenvalue weighted by Gasteiger charge is -2.18. The molecule has 2 aromatic rings. The average Bonchev–Trinajstić information content (AvgIpc) is 2.83. The molecule has 0 aliphatic carbocycles. The fourth-order valence-corrected chi connectivity index (χ4v) is 1.80. The summed E-state index contributed by atoms with van der Waals surface area (Å²) in [6.07, 6.45) is 0. The third kappa shape index (κ3) is 2.74. The molecule has 0 aliphatic heterocycles. The Labute approximate surface area is 120 Å². The lowest BCUT2D eigenvalue weighted by molar-refractivity contribution is 0.0683. The quantitative estimate of drug-likeness (QED) is 0.915. The van der Waals surface area contributed by atoms with Gasteiger partial charge < -0.3 is 5.11 Å². The number of aromatic nitrogens is 3. The molecule has 1 aromatic heterocycles. The maximum atomic E-state index is 14.1. The van der Waals surface area contributed by atoms with Gasteiger partial charge in [0, 0.05) is 5.41 Å². The molecule has 0 unspecified atom stereocenters. The van der Waals surface area contributed by atoms with Crippen molar-refractivity contribution in [2.24, 2.45) is 0 Å². The Balaban J connectivity index is 2.68. The number of benzene rings is 1. The summed E-state index contributed by atoms with van der Waals surface area (Å²) in [5.41, 5.74) is -0.299. The van der Waals surface area contributed by atoms with Crippen LogP contribution < -0.4 is 0 Å². The zero-order valence-corrected chi connectivity index (χ0v) is 11.8. The fraction of sp³-hybridized carbons (Fsp3) is 0.286. The van der Waals surface area contributed by atoms with Gasteiger partial charge in [-0.15, -0.1) is 5.10 Å². The van der Waals surface area contributed by atoms with Gasteiger partial charge in [0.2, 0.25) is 0 Å². The van der Waals surface area contributed by atoms with E-state index in [1.807, 2.05) is 26.8 Å². The first-order valence-electron chi connectivity index (χ1n) is 6.15. The van der Waals surface area contributed by atoms with Crippen LogP contribution in [0.4, 0.5) is 4.39 Å². The Morgan fingerprint density at radius 1 is 1.43 bits per heavy atom. The van der Waals surface area contributed by atoms with E-state index in [2.05, 4.69) is 10.1 Å². The van der Waals surface area contributed by atoms with E-state index in [0.29, 0.717) is 5.82 Å². The Hall–Kier alpha value is -2.75. The molecule has 0 radical (unpaired) electrons. The SMILES string of the molecule is CC(C)(C)c1nc(C(=O)O)nn1-c1ccc(C#N)cc1F. The monoisotopic (exact) mass is 288 g/mol. The van der Waals surface area contributed by atoms with Crippen molar-refractivity contribution in [3.63, 3.8) is 0 Å². The first kappa shape index (κ1) is 14.7. The maximum Gasteiger partial charge on any atom is 0.375 e. The van der Waals surface area contributed by atoms with Crippen LogP contribution >= 0.6 is 0 Å². The minimum absolute atomic E-state index is 0.0546. The van der Waals surface area contributed by atoms with Gasteiger partial charge in [-0.05, 0) is 18.2 Å². The lowest BCUT2D eigenvalue weighted by Crippen LogP contribution is -2.19. The number of hydrogen-bond acceptors (Lipinski definition) is 4. The number of rotatable bonds is 2. The van der Waals surface area contributed by atoms with Crippen LogP contribution in [-0.2, 0) is 5.41 Å².